The minimum Gasteiger partial charge on any atom is -0.481 e. The number of carboxylic acids is 1. The lowest BCUT2D eigenvalue weighted by Gasteiger charge is -2.34. The molecule has 5 N–H and O–H groups in total. The number of aliphatic carboxylic acids is 1. The van der Waals surface area contributed by atoms with Crippen molar-refractivity contribution < 1.29 is 49.5 Å². The second-order valence-electron chi connectivity index (χ2n) is 17.7. The molecule has 0 saturated heterocycles. The lowest BCUT2D eigenvalue weighted by Crippen LogP contribution is -2.59. The van der Waals surface area contributed by atoms with Gasteiger partial charge in [0.25, 0.3) is 0 Å². The highest BCUT2D eigenvalue weighted by molar-refractivity contribution is 7.80. The van der Waals surface area contributed by atoms with Crippen LogP contribution in [-0.2, 0) is 43.0 Å². The van der Waals surface area contributed by atoms with Crippen LogP contribution in [0.15, 0.2) is 0 Å². The number of nitrogens with zero attached hydrogens (tertiary/aromatic N) is 1. The molecule has 0 aliphatic heterocycles. The number of esters is 2. The van der Waals surface area contributed by atoms with Crippen molar-refractivity contribution in [3.8, 4) is 0 Å². The molecule has 0 aromatic rings. The topological polar surface area (TPSA) is 211 Å². The van der Waals surface area contributed by atoms with E-state index in [-0.39, 0.29) is 31.4 Å². The minimum absolute atomic E-state index is 0.0568. The molecule has 0 fully saturated rings. The average molecular weight is 942 g/mol. The van der Waals surface area contributed by atoms with Gasteiger partial charge in [0.15, 0.2) is 6.10 Å². The van der Waals surface area contributed by atoms with Crippen LogP contribution in [0.5, 0.6) is 0 Å². The first kappa shape index (κ1) is 59.7. The Bertz CT molecular complexity index is 1360. The summed E-state index contributed by atoms with van der Waals surface area (Å²) in [5.74, 6) is -6.13. The monoisotopic (exact) mass is 942 g/mol. The Labute approximate surface area is 400 Å². The number of carboxylic acid groups (broad SMARTS) is 1. The quantitative estimate of drug-likeness (QED) is 0.0222. The van der Waals surface area contributed by atoms with Crippen molar-refractivity contribution in [2.24, 2.45) is 5.73 Å². The van der Waals surface area contributed by atoms with Crippen molar-refractivity contribution in [3.05, 3.63) is 0 Å². The van der Waals surface area contributed by atoms with E-state index in [9.17, 15) is 40.0 Å². The van der Waals surface area contributed by atoms with Crippen LogP contribution in [0, 0.1) is 0 Å². The molecule has 0 saturated carbocycles. The van der Waals surface area contributed by atoms with Crippen LogP contribution in [0.1, 0.15) is 235 Å². The molecule has 0 heterocycles. The van der Waals surface area contributed by atoms with E-state index in [1.807, 2.05) is 0 Å². The largest absolute Gasteiger partial charge is 0.481 e. The lowest BCUT2D eigenvalue weighted by atomic mass is 10.0. The standard InChI is InChI=1S/C50H92N4O10S/c1-5-8-11-14-17-18-19-20-21-22-25-26-29-32-44(55)52-43(39-65)50(62)54(40(4)49(61)53-42(48(51)60)35-36-45(56)57)37-41(64-47(59)34-31-28-24-16-13-10-7-3)38-63-46(58)33-30-27-23-15-12-9-6-2/h40-43,65H,5-39H2,1-4H3,(H2,51,60)(H,52,55)(H,53,61)(H,56,57)/t40-,41+,42?,43?/m0/s1/i40D. The van der Waals surface area contributed by atoms with E-state index in [1.54, 1.807) is 0 Å². The fourth-order valence-corrected chi connectivity index (χ4v) is 7.81. The van der Waals surface area contributed by atoms with E-state index in [1.165, 1.54) is 51.4 Å². The fraction of sp³-hybridized carbons (Fsp3) is 0.860. The second kappa shape index (κ2) is 42.0. The Balaban J connectivity index is 6.12. The molecule has 4 atom stereocenters. The van der Waals surface area contributed by atoms with Crippen molar-refractivity contribution >= 4 is 54.2 Å². The molecule has 0 rings (SSSR count). The van der Waals surface area contributed by atoms with Gasteiger partial charge in [-0.2, -0.15) is 12.6 Å². The molecular formula is C50H92N4O10S. The smallest absolute Gasteiger partial charge is 0.306 e. The molecular weight excluding hydrogens is 849 g/mol. The van der Waals surface area contributed by atoms with Crippen LogP contribution in [-0.4, -0.2) is 94.7 Å². The van der Waals surface area contributed by atoms with Gasteiger partial charge in [-0.15, -0.1) is 0 Å². The summed E-state index contributed by atoms with van der Waals surface area (Å²) in [6.45, 7) is 6.52. The Hall–Kier alpha value is -3.36. The maximum Gasteiger partial charge on any atom is 0.306 e. The van der Waals surface area contributed by atoms with Crippen molar-refractivity contribution in [2.75, 3.05) is 18.9 Å². The number of ether oxygens (including phenoxy) is 2. The molecule has 15 heteroatoms. The second-order valence-corrected chi connectivity index (χ2v) is 18.1. The van der Waals surface area contributed by atoms with Crippen LogP contribution in [0.2, 0.25) is 0 Å². The van der Waals surface area contributed by atoms with Crippen molar-refractivity contribution in [1.29, 1.82) is 0 Å². The van der Waals surface area contributed by atoms with Gasteiger partial charge in [0.05, 0.1) is 7.92 Å². The number of nitrogens with one attached hydrogen (secondary N) is 2. The summed E-state index contributed by atoms with van der Waals surface area (Å²) in [4.78, 5) is 92.1. The molecule has 0 aliphatic rings. The predicted molar refractivity (Wildman–Crippen MR) is 261 cm³/mol. The maximum absolute atomic E-state index is 14.5. The van der Waals surface area contributed by atoms with E-state index in [4.69, 9.17) is 15.2 Å². The number of amides is 4. The number of hydrogen-bond acceptors (Lipinski definition) is 10. The highest BCUT2D eigenvalue weighted by Gasteiger charge is 2.36. The van der Waals surface area contributed by atoms with Gasteiger partial charge in [-0.3, -0.25) is 33.6 Å². The highest BCUT2D eigenvalue weighted by Crippen LogP contribution is 2.16. The van der Waals surface area contributed by atoms with E-state index in [2.05, 4.69) is 44.0 Å². The van der Waals surface area contributed by atoms with Gasteiger partial charge in [-0.1, -0.05) is 175 Å². The number of primary amides is 1. The first-order chi connectivity index (χ1) is 31.6. The third kappa shape index (κ3) is 34.6. The number of carbonyl (C=O) groups is 7. The molecule has 65 heavy (non-hydrogen) atoms. The number of unbranched alkanes of at least 4 members (excludes halogenated alkanes) is 24. The molecule has 2 unspecified atom stereocenters. The molecule has 0 aromatic heterocycles. The summed E-state index contributed by atoms with van der Waals surface area (Å²) in [5, 5.41) is 14.2. The molecule has 378 valence electrons. The predicted octanol–water partition coefficient (Wildman–Crippen LogP) is 9.67. The SMILES string of the molecule is [2H][C@](C)(C(=O)NC(CCC(=O)O)C(N)=O)N(C[C@H](COC(=O)CCCCCCCCC)OC(=O)CCCCCCCCC)C(=O)C(CS)NC(=O)CCCCCCCCCCCCCCC. The van der Waals surface area contributed by atoms with Gasteiger partial charge in [-0.05, 0) is 32.6 Å². The summed E-state index contributed by atoms with van der Waals surface area (Å²) in [5.41, 5.74) is 5.49. The third-order valence-electron chi connectivity index (χ3n) is 11.7. The van der Waals surface area contributed by atoms with Gasteiger partial charge in [0.1, 0.15) is 24.7 Å². The summed E-state index contributed by atoms with van der Waals surface area (Å²) in [6, 6.07) is -5.35. The molecule has 4 amide bonds. The molecule has 0 spiro atoms. The average Bonchev–Trinajstić information content (AvgIpc) is 3.28. The minimum atomic E-state index is -2.54. The van der Waals surface area contributed by atoms with Crippen LogP contribution in [0.25, 0.3) is 0 Å². The van der Waals surface area contributed by atoms with Crippen LogP contribution in [0.4, 0.5) is 0 Å². The fourth-order valence-electron chi connectivity index (χ4n) is 7.56. The Morgan fingerprint density at radius 3 is 1.43 bits per heavy atom. The summed E-state index contributed by atoms with van der Waals surface area (Å²) < 4.78 is 20.7. The van der Waals surface area contributed by atoms with Crippen molar-refractivity contribution in [2.45, 2.75) is 257 Å². The maximum atomic E-state index is 14.5. The zero-order valence-electron chi connectivity index (χ0n) is 42.1. The summed E-state index contributed by atoms with van der Waals surface area (Å²) in [7, 11) is 0. The molecule has 0 bridgehead atoms. The Morgan fingerprint density at radius 1 is 0.600 bits per heavy atom. The zero-order valence-corrected chi connectivity index (χ0v) is 42.0. The van der Waals surface area contributed by atoms with Crippen LogP contribution >= 0.6 is 12.6 Å². The van der Waals surface area contributed by atoms with Crippen molar-refractivity contribution in [1.82, 2.24) is 15.5 Å². The van der Waals surface area contributed by atoms with Gasteiger partial charge in [0.2, 0.25) is 23.6 Å². The molecule has 0 radical (unpaired) electrons. The van der Waals surface area contributed by atoms with Gasteiger partial charge in [0, 0.05) is 31.4 Å². The summed E-state index contributed by atoms with van der Waals surface area (Å²) in [6.07, 6.45) is 26.7. The zero-order chi connectivity index (χ0) is 49.4. The first-order valence-electron chi connectivity index (χ1n) is 26.0. The first-order valence-corrected chi connectivity index (χ1v) is 26.2. The number of hydrogen-bond donors (Lipinski definition) is 5. The number of nitrogens with two attached hydrogens (primary N) is 1. The lowest BCUT2D eigenvalue weighted by molar-refractivity contribution is -0.163. The Morgan fingerprint density at radius 2 is 1.02 bits per heavy atom. The number of carbonyl (C=O) groups excluding carboxylic acids is 6. The molecule has 0 aromatic carbocycles. The number of rotatable bonds is 45. The van der Waals surface area contributed by atoms with Gasteiger partial charge >= 0.3 is 17.9 Å². The summed E-state index contributed by atoms with van der Waals surface area (Å²) >= 11 is 4.35. The van der Waals surface area contributed by atoms with Gasteiger partial charge < -0.3 is 35.8 Å². The highest BCUT2D eigenvalue weighted by atomic mass is 32.1. The van der Waals surface area contributed by atoms with Gasteiger partial charge in [-0.25, -0.2) is 0 Å². The number of thiol groups is 1. The van der Waals surface area contributed by atoms with E-state index < -0.39 is 85.3 Å². The molecule has 14 nitrogen and oxygen atoms in total. The van der Waals surface area contributed by atoms with E-state index in [0.717, 1.165) is 115 Å². The third-order valence-corrected chi connectivity index (χ3v) is 12.1. The van der Waals surface area contributed by atoms with Crippen LogP contribution in [0.3, 0.4) is 0 Å². The Kier molecular flexibility index (Phi) is 38.6. The van der Waals surface area contributed by atoms with Crippen LogP contribution < -0.4 is 16.4 Å². The van der Waals surface area contributed by atoms with E-state index >= 15 is 0 Å². The van der Waals surface area contributed by atoms with E-state index in [0.29, 0.717) is 19.3 Å². The molecule has 0 aliphatic carbocycles. The van der Waals surface area contributed by atoms with Crippen molar-refractivity contribution in [3.63, 3.8) is 0 Å². The normalized spacial score (nSPS) is 13.7.